The van der Waals surface area contributed by atoms with Crippen LogP contribution in [0, 0.1) is 0 Å². The van der Waals surface area contributed by atoms with Gasteiger partial charge in [-0.15, -0.1) is 11.8 Å². The van der Waals surface area contributed by atoms with Crippen molar-refractivity contribution in [2.24, 2.45) is 0 Å². The second-order valence-electron chi connectivity index (χ2n) is 5.80. The number of nitrogens with one attached hydrogen (secondary N) is 1. The molecule has 4 heteroatoms. The minimum atomic E-state index is 1.01. The van der Waals surface area contributed by atoms with Crippen molar-refractivity contribution in [3.63, 3.8) is 0 Å². The molecule has 2 heterocycles. The van der Waals surface area contributed by atoms with Gasteiger partial charge in [-0.1, -0.05) is 36.4 Å². The molecular weight excluding hydrogens is 290 g/mol. The van der Waals surface area contributed by atoms with Crippen LogP contribution in [0.1, 0.15) is 24.1 Å². The third-order valence-corrected chi connectivity index (χ3v) is 5.09. The molecule has 0 saturated heterocycles. The van der Waals surface area contributed by atoms with Crippen molar-refractivity contribution in [2.75, 3.05) is 25.9 Å². The van der Waals surface area contributed by atoms with Gasteiger partial charge in [0.05, 0.1) is 16.8 Å². The number of benzene rings is 1. The zero-order chi connectivity index (χ0) is 15.2. The van der Waals surface area contributed by atoms with Gasteiger partial charge in [0, 0.05) is 13.1 Å². The number of aryl methyl sites for hydroxylation is 1. The van der Waals surface area contributed by atoms with Crippen molar-refractivity contribution < 1.29 is 0 Å². The minimum Gasteiger partial charge on any atom is -0.302 e. The summed E-state index contributed by atoms with van der Waals surface area (Å²) >= 11 is 1.91. The summed E-state index contributed by atoms with van der Waals surface area (Å²) in [5.74, 6) is 1.13. The highest BCUT2D eigenvalue weighted by molar-refractivity contribution is 7.99. The summed E-state index contributed by atoms with van der Waals surface area (Å²) in [4.78, 5) is 3.65. The van der Waals surface area contributed by atoms with E-state index in [-0.39, 0.29) is 0 Å². The predicted molar refractivity (Wildman–Crippen MR) is 94.2 cm³/mol. The Morgan fingerprint density at radius 3 is 2.95 bits per heavy atom. The van der Waals surface area contributed by atoms with Gasteiger partial charge in [0.2, 0.25) is 0 Å². The molecule has 0 radical (unpaired) electrons. The van der Waals surface area contributed by atoms with E-state index in [1.165, 1.54) is 28.1 Å². The van der Waals surface area contributed by atoms with Crippen LogP contribution in [-0.2, 0) is 6.42 Å². The Bertz CT molecular complexity index is 618. The second-order valence-corrected chi connectivity index (χ2v) is 6.94. The Morgan fingerprint density at radius 1 is 1.27 bits per heavy atom. The normalized spacial score (nSPS) is 15.8. The molecule has 3 nitrogen and oxygen atoms in total. The van der Waals surface area contributed by atoms with E-state index in [1.807, 2.05) is 18.0 Å². The average Bonchev–Trinajstić information content (AvgIpc) is 3.01. The first-order valence-electron chi connectivity index (χ1n) is 7.91. The Morgan fingerprint density at radius 2 is 2.14 bits per heavy atom. The summed E-state index contributed by atoms with van der Waals surface area (Å²) in [6, 6.07) is 10.7. The molecular formula is C18H23N3S. The SMILES string of the molecule is CN1CCC=C(c2[nH]ncc2SCCCc2ccccc2)C1. The van der Waals surface area contributed by atoms with Crippen molar-refractivity contribution in [3.05, 3.63) is 53.9 Å². The quantitative estimate of drug-likeness (QED) is 0.649. The second kappa shape index (κ2) is 7.65. The zero-order valence-corrected chi connectivity index (χ0v) is 13.9. The number of thioether (sulfide) groups is 1. The van der Waals surface area contributed by atoms with Gasteiger partial charge in [-0.2, -0.15) is 5.10 Å². The number of rotatable bonds is 6. The lowest BCUT2D eigenvalue weighted by atomic mass is 10.1. The Labute approximate surface area is 136 Å². The maximum Gasteiger partial charge on any atom is 0.0755 e. The summed E-state index contributed by atoms with van der Waals surface area (Å²) in [5.41, 5.74) is 4.03. The average molecular weight is 313 g/mol. The molecule has 1 aromatic carbocycles. The molecule has 0 atom stereocenters. The number of aromatic amines is 1. The van der Waals surface area contributed by atoms with E-state index in [9.17, 15) is 0 Å². The highest BCUT2D eigenvalue weighted by atomic mass is 32.2. The van der Waals surface area contributed by atoms with Gasteiger partial charge >= 0.3 is 0 Å². The maximum absolute atomic E-state index is 4.25. The summed E-state index contributed by atoms with van der Waals surface area (Å²) < 4.78 is 0. The van der Waals surface area contributed by atoms with E-state index in [0.717, 1.165) is 31.7 Å². The van der Waals surface area contributed by atoms with E-state index >= 15 is 0 Å². The molecule has 1 aromatic heterocycles. The van der Waals surface area contributed by atoms with Crippen LogP contribution in [0.5, 0.6) is 0 Å². The monoisotopic (exact) mass is 313 g/mol. The molecule has 1 aliphatic heterocycles. The predicted octanol–water partition coefficient (Wildman–Crippen LogP) is 3.85. The number of hydrogen-bond donors (Lipinski definition) is 1. The number of H-pyrrole nitrogens is 1. The molecule has 0 saturated carbocycles. The van der Waals surface area contributed by atoms with E-state index in [1.54, 1.807) is 0 Å². The lowest BCUT2D eigenvalue weighted by Crippen LogP contribution is -2.25. The van der Waals surface area contributed by atoms with Crippen LogP contribution >= 0.6 is 11.8 Å². The van der Waals surface area contributed by atoms with Crippen molar-refractivity contribution in [3.8, 4) is 0 Å². The fourth-order valence-corrected chi connectivity index (χ4v) is 3.75. The van der Waals surface area contributed by atoms with Crippen LogP contribution in [-0.4, -0.2) is 41.0 Å². The first-order chi connectivity index (χ1) is 10.8. The first kappa shape index (κ1) is 15.4. The van der Waals surface area contributed by atoms with Crippen molar-refractivity contribution in [1.82, 2.24) is 15.1 Å². The van der Waals surface area contributed by atoms with Crippen LogP contribution < -0.4 is 0 Å². The summed E-state index contributed by atoms with van der Waals surface area (Å²) in [6.45, 7) is 2.16. The third-order valence-electron chi connectivity index (χ3n) is 3.98. The van der Waals surface area contributed by atoms with Gasteiger partial charge in [-0.05, 0) is 43.2 Å². The summed E-state index contributed by atoms with van der Waals surface area (Å²) in [6.07, 6.45) is 7.78. The van der Waals surface area contributed by atoms with Gasteiger partial charge in [0.25, 0.3) is 0 Å². The minimum absolute atomic E-state index is 1.01. The first-order valence-corrected chi connectivity index (χ1v) is 8.89. The molecule has 0 aliphatic carbocycles. The molecule has 1 N–H and O–H groups in total. The molecule has 1 aliphatic rings. The van der Waals surface area contributed by atoms with Gasteiger partial charge < -0.3 is 4.90 Å². The molecule has 116 valence electrons. The van der Waals surface area contributed by atoms with E-state index in [0.29, 0.717) is 0 Å². The van der Waals surface area contributed by atoms with Crippen LogP contribution in [0.2, 0.25) is 0 Å². The molecule has 2 aromatic rings. The van der Waals surface area contributed by atoms with Gasteiger partial charge in [0.1, 0.15) is 0 Å². The largest absolute Gasteiger partial charge is 0.302 e. The topological polar surface area (TPSA) is 31.9 Å². The fraction of sp³-hybridized carbons (Fsp3) is 0.389. The fourth-order valence-electron chi connectivity index (χ4n) is 2.79. The molecule has 0 unspecified atom stereocenters. The van der Waals surface area contributed by atoms with Crippen molar-refractivity contribution in [2.45, 2.75) is 24.2 Å². The summed E-state index contributed by atoms with van der Waals surface area (Å²) in [5, 5.41) is 7.44. The van der Waals surface area contributed by atoms with Gasteiger partial charge in [-0.25, -0.2) is 0 Å². The Balaban J connectivity index is 1.53. The molecule has 0 fully saturated rings. The van der Waals surface area contributed by atoms with Crippen molar-refractivity contribution >= 4 is 17.3 Å². The van der Waals surface area contributed by atoms with Crippen LogP contribution in [0.3, 0.4) is 0 Å². The highest BCUT2D eigenvalue weighted by Gasteiger charge is 2.15. The van der Waals surface area contributed by atoms with E-state index < -0.39 is 0 Å². The lowest BCUT2D eigenvalue weighted by molar-refractivity contribution is 0.372. The van der Waals surface area contributed by atoms with Gasteiger partial charge in [0.15, 0.2) is 0 Å². The molecule has 0 spiro atoms. The van der Waals surface area contributed by atoms with E-state index in [2.05, 4.69) is 58.6 Å². The Kier molecular flexibility index (Phi) is 5.35. The van der Waals surface area contributed by atoms with Crippen molar-refractivity contribution in [1.29, 1.82) is 0 Å². The van der Waals surface area contributed by atoms with Gasteiger partial charge in [-0.3, -0.25) is 5.10 Å². The molecule has 3 rings (SSSR count). The smallest absolute Gasteiger partial charge is 0.0755 e. The molecule has 0 bridgehead atoms. The standard InChI is InChI=1S/C18H23N3S/c1-21-11-5-10-16(14-21)18-17(13-19-20-18)22-12-6-9-15-7-3-2-4-8-15/h2-4,7-8,10,13H,5-6,9,11-12,14H2,1H3,(H,19,20). The van der Waals surface area contributed by atoms with Crippen LogP contribution in [0.25, 0.3) is 5.57 Å². The maximum atomic E-state index is 4.25. The number of aromatic nitrogens is 2. The Hall–Kier alpha value is -1.52. The third kappa shape index (κ3) is 4.02. The lowest BCUT2D eigenvalue weighted by Gasteiger charge is -2.22. The summed E-state index contributed by atoms with van der Waals surface area (Å²) in [7, 11) is 2.18. The number of hydrogen-bond acceptors (Lipinski definition) is 3. The highest BCUT2D eigenvalue weighted by Crippen LogP contribution is 2.29. The van der Waals surface area contributed by atoms with Crippen LogP contribution in [0.15, 0.2) is 47.5 Å². The van der Waals surface area contributed by atoms with Crippen LogP contribution in [0.4, 0.5) is 0 Å². The zero-order valence-electron chi connectivity index (χ0n) is 13.1. The number of nitrogens with zero attached hydrogens (tertiary/aromatic N) is 2. The van der Waals surface area contributed by atoms with E-state index in [4.69, 9.17) is 0 Å². The number of likely N-dealkylation sites (N-methyl/N-ethyl adjacent to an activating group) is 1. The molecule has 22 heavy (non-hydrogen) atoms. The molecule has 0 amide bonds.